The molecule has 0 saturated heterocycles. The molecule has 2 atom stereocenters. The van der Waals surface area contributed by atoms with Gasteiger partial charge in [-0.15, -0.1) is 11.3 Å². The first-order valence-electron chi connectivity index (χ1n) is 6.52. The van der Waals surface area contributed by atoms with Crippen LogP contribution in [0.4, 0.5) is 0 Å². The van der Waals surface area contributed by atoms with Crippen LogP contribution in [0.25, 0.3) is 0 Å². The summed E-state index contributed by atoms with van der Waals surface area (Å²) in [6, 6.07) is 4.11. The molecule has 3 heteroatoms. The molecule has 0 aromatic carbocycles. The fraction of sp³-hybridized carbons (Fsp3) is 0.714. The van der Waals surface area contributed by atoms with Gasteiger partial charge in [-0.1, -0.05) is 38.3 Å². The molecule has 1 aliphatic carbocycles. The van der Waals surface area contributed by atoms with Gasteiger partial charge in [-0.05, 0) is 43.2 Å². The maximum absolute atomic E-state index is 6.59. The van der Waals surface area contributed by atoms with E-state index in [0.29, 0.717) is 0 Å². The molecule has 1 aromatic rings. The highest BCUT2D eigenvalue weighted by atomic mass is 35.5. The van der Waals surface area contributed by atoms with Gasteiger partial charge in [-0.3, -0.25) is 0 Å². The SMILES string of the molecule is CC(C)C1CCCC(N)(Cc2ccc(Cl)s2)C1. The Morgan fingerprint density at radius 2 is 2.29 bits per heavy atom. The summed E-state index contributed by atoms with van der Waals surface area (Å²) in [5, 5.41) is 0. The molecule has 17 heavy (non-hydrogen) atoms. The molecule has 96 valence electrons. The quantitative estimate of drug-likeness (QED) is 0.861. The standard InChI is InChI=1S/C14H22ClNS/c1-10(2)11-4-3-7-14(16,8-11)9-12-5-6-13(15)17-12/h5-6,10-11H,3-4,7-9,16H2,1-2H3. The van der Waals surface area contributed by atoms with Gasteiger partial charge < -0.3 is 5.73 Å². The molecule has 2 rings (SSSR count). The second-order valence-electron chi connectivity index (χ2n) is 5.85. The normalized spacial score (nSPS) is 29.8. The molecule has 1 aliphatic rings. The number of hydrogen-bond acceptors (Lipinski definition) is 2. The van der Waals surface area contributed by atoms with Crippen molar-refractivity contribution in [2.24, 2.45) is 17.6 Å². The summed E-state index contributed by atoms with van der Waals surface area (Å²) < 4.78 is 0.875. The van der Waals surface area contributed by atoms with E-state index in [1.54, 1.807) is 11.3 Å². The third-order valence-electron chi connectivity index (χ3n) is 4.02. The zero-order valence-corrected chi connectivity index (χ0v) is 12.3. The van der Waals surface area contributed by atoms with Gasteiger partial charge in [-0.2, -0.15) is 0 Å². The van der Waals surface area contributed by atoms with Gasteiger partial charge in [0.15, 0.2) is 0 Å². The molecule has 1 heterocycles. The Morgan fingerprint density at radius 1 is 1.53 bits per heavy atom. The Kier molecular flexibility index (Phi) is 4.17. The highest BCUT2D eigenvalue weighted by Gasteiger charge is 2.34. The molecule has 1 nitrogen and oxygen atoms in total. The Balaban J connectivity index is 2.03. The molecule has 0 aliphatic heterocycles. The maximum Gasteiger partial charge on any atom is 0.0931 e. The number of rotatable bonds is 3. The molecule has 0 spiro atoms. The minimum atomic E-state index is 0.00136. The van der Waals surface area contributed by atoms with Crippen LogP contribution >= 0.6 is 22.9 Å². The van der Waals surface area contributed by atoms with Crippen LogP contribution < -0.4 is 5.73 Å². The van der Waals surface area contributed by atoms with Crippen LogP contribution in [0.1, 0.15) is 44.4 Å². The lowest BCUT2D eigenvalue weighted by Gasteiger charge is -2.39. The van der Waals surface area contributed by atoms with Gasteiger partial charge >= 0.3 is 0 Å². The van der Waals surface area contributed by atoms with Crippen molar-refractivity contribution in [2.75, 3.05) is 0 Å². The van der Waals surface area contributed by atoms with E-state index in [0.717, 1.165) is 29.0 Å². The average Bonchev–Trinajstić information content (AvgIpc) is 2.63. The Hall–Kier alpha value is -0.0500. The fourth-order valence-electron chi connectivity index (χ4n) is 2.97. The lowest BCUT2D eigenvalue weighted by molar-refractivity contribution is 0.183. The monoisotopic (exact) mass is 271 g/mol. The van der Waals surface area contributed by atoms with Gasteiger partial charge in [0, 0.05) is 10.4 Å². The van der Waals surface area contributed by atoms with Gasteiger partial charge in [-0.25, -0.2) is 0 Å². The molecule has 0 amide bonds. The van der Waals surface area contributed by atoms with Gasteiger partial charge in [0.05, 0.1) is 4.34 Å². The van der Waals surface area contributed by atoms with Crippen LogP contribution in [0.3, 0.4) is 0 Å². The number of hydrogen-bond donors (Lipinski definition) is 1. The van der Waals surface area contributed by atoms with Crippen molar-refractivity contribution in [3.63, 3.8) is 0 Å². The second kappa shape index (κ2) is 5.29. The first kappa shape index (κ1) is 13.4. The van der Waals surface area contributed by atoms with E-state index < -0.39 is 0 Å². The molecule has 1 fully saturated rings. The van der Waals surface area contributed by atoms with Crippen molar-refractivity contribution >= 4 is 22.9 Å². The van der Waals surface area contributed by atoms with Crippen LogP contribution in [0.15, 0.2) is 12.1 Å². The number of halogens is 1. The predicted octanol–water partition coefficient (Wildman–Crippen LogP) is 4.49. The van der Waals surface area contributed by atoms with E-state index in [-0.39, 0.29) is 5.54 Å². The highest BCUT2D eigenvalue weighted by molar-refractivity contribution is 7.16. The van der Waals surface area contributed by atoms with Gasteiger partial charge in [0.1, 0.15) is 0 Å². The maximum atomic E-state index is 6.59. The van der Waals surface area contributed by atoms with Crippen LogP contribution in [-0.4, -0.2) is 5.54 Å². The summed E-state index contributed by atoms with van der Waals surface area (Å²) in [4.78, 5) is 1.34. The zero-order chi connectivity index (χ0) is 12.5. The van der Waals surface area contributed by atoms with Crippen LogP contribution in [0.5, 0.6) is 0 Å². The van der Waals surface area contributed by atoms with Crippen molar-refractivity contribution in [3.8, 4) is 0 Å². The molecule has 1 aromatic heterocycles. The molecular formula is C14H22ClNS. The number of nitrogens with two attached hydrogens (primary N) is 1. The highest BCUT2D eigenvalue weighted by Crippen LogP contribution is 2.38. The Morgan fingerprint density at radius 3 is 2.88 bits per heavy atom. The summed E-state index contributed by atoms with van der Waals surface area (Å²) in [7, 11) is 0. The van der Waals surface area contributed by atoms with E-state index in [4.69, 9.17) is 17.3 Å². The molecule has 0 radical (unpaired) electrons. The predicted molar refractivity (Wildman–Crippen MR) is 76.7 cm³/mol. The van der Waals surface area contributed by atoms with Crippen LogP contribution in [0.2, 0.25) is 4.34 Å². The summed E-state index contributed by atoms with van der Waals surface area (Å²) >= 11 is 7.66. The van der Waals surface area contributed by atoms with Gasteiger partial charge in [0.2, 0.25) is 0 Å². The van der Waals surface area contributed by atoms with E-state index in [2.05, 4.69) is 19.9 Å². The van der Waals surface area contributed by atoms with Crippen molar-refractivity contribution in [2.45, 2.75) is 51.5 Å². The molecule has 0 bridgehead atoms. The zero-order valence-electron chi connectivity index (χ0n) is 10.7. The first-order valence-corrected chi connectivity index (χ1v) is 7.71. The third kappa shape index (κ3) is 3.46. The Bertz CT molecular complexity index is 374. The summed E-state index contributed by atoms with van der Waals surface area (Å²) in [5.41, 5.74) is 6.59. The minimum absolute atomic E-state index is 0.00136. The Labute approximate surface area is 113 Å². The average molecular weight is 272 g/mol. The van der Waals surface area contributed by atoms with Crippen LogP contribution in [-0.2, 0) is 6.42 Å². The van der Waals surface area contributed by atoms with E-state index in [1.807, 2.05) is 6.07 Å². The first-order chi connectivity index (χ1) is 7.98. The lowest BCUT2D eigenvalue weighted by atomic mass is 9.71. The molecule has 2 unspecified atom stereocenters. The van der Waals surface area contributed by atoms with Gasteiger partial charge in [0.25, 0.3) is 0 Å². The van der Waals surface area contributed by atoms with Crippen LogP contribution in [0, 0.1) is 11.8 Å². The largest absolute Gasteiger partial charge is 0.325 e. The van der Waals surface area contributed by atoms with Crippen molar-refractivity contribution in [1.82, 2.24) is 0 Å². The lowest BCUT2D eigenvalue weighted by Crippen LogP contribution is -2.46. The second-order valence-corrected chi connectivity index (χ2v) is 7.65. The van der Waals surface area contributed by atoms with Crippen molar-refractivity contribution in [1.29, 1.82) is 0 Å². The smallest absolute Gasteiger partial charge is 0.0931 e. The van der Waals surface area contributed by atoms with E-state index in [1.165, 1.54) is 24.1 Å². The summed E-state index contributed by atoms with van der Waals surface area (Å²) in [5.74, 6) is 1.55. The topological polar surface area (TPSA) is 26.0 Å². The molecule has 2 N–H and O–H groups in total. The van der Waals surface area contributed by atoms with Crippen molar-refractivity contribution < 1.29 is 0 Å². The molecular weight excluding hydrogens is 250 g/mol. The summed E-state index contributed by atoms with van der Waals surface area (Å²) in [6.45, 7) is 4.64. The minimum Gasteiger partial charge on any atom is -0.325 e. The van der Waals surface area contributed by atoms with E-state index in [9.17, 15) is 0 Å². The fourth-order valence-corrected chi connectivity index (χ4v) is 4.21. The third-order valence-corrected chi connectivity index (χ3v) is 5.25. The number of thiophene rings is 1. The van der Waals surface area contributed by atoms with E-state index >= 15 is 0 Å². The van der Waals surface area contributed by atoms with Crippen molar-refractivity contribution in [3.05, 3.63) is 21.3 Å². The molecule has 1 saturated carbocycles. The summed E-state index contributed by atoms with van der Waals surface area (Å²) in [6.07, 6.45) is 5.94.